The van der Waals surface area contributed by atoms with Crippen molar-refractivity contribution in [3.8, 4) is 0 Å². The molecule has 3 heterocycles. The largest absolute Gasteiger partial charge is 0.338 e. The maximum Gasteiger partial charge on any atom is 0.332 e. The van der Waals surface area contributed by atoms with E-state index in [2.05, 4.69) is 17.0 Å². The van der Waals surface area contributed by atoms with Crippen molar-refractivity contribution in [3.63, 3.8) is 0 Å². The Morgan fingerprint density at radius 3 is 2.53 bits per heavy atom. The Bertz CT molecular complexity index is 1440. The van der Waals surface area contributed by atoms with Gasteiger partial charge in [0.25, 0.3) is 5.56 Å². The van der Waals surface area contributed by atoms with Gasteiger partial charge in [0.2, 0.25) is 5.95 Å². The molecule has 0 unspecified atom stereocenters. The summed E-state index contributed by atoms with van der Waals surface area (Å²) in [7, 11) is 1.64. The van der Waals surface area contributed by atoms with Crippen molar-refractivity contribution in [2.45, 2.75) is 26.1 Å². The van der Waals surface area contributed by atoms with Gasteiger partial charge in [-0.25, -0.2) is 4.79 Å². The van der Waals surface area contributed by atoms with Gasteiger partial charge in [0.15, 0.2) is 11.2 Å². The fourth-order valence-corrected chi connectivity index (χ4v) is 4.71. The van der Waals surface area contributed by atoms with E-state index in [1.165, 1.54) is 9.13 Å². The molecule has 1 aliphatic rings. The van der Waals surface area contributed by atoms with Gasteiger partial charge in [-0.3, -0.25) is 13.9 Å². The molecule has 0 amide bonds. The fourth-order valence-electron chi connectivity index (χ4n) is 4.25. The lowest BCUT2D eigenvalue weighted by atomic mass is 10.2. The number of anilines is 1. The van der Waals surface area contributed by atoms with Crippen LogP contribution in [0.25, 0.3) is 11.2 Å². The minimum atomic E-state index is -0.432. The van der Waals surface area contributed by atoms with E-state index in [1.807, 2.05) is 22.8 Å². The molecule has 0 atom stereocenters. The van der Waals surface area contributed by atoms with Gasteiger partial charge in [0.05, 0.1) is 6.54 Å². The summed E-state index contributed by atoms with van der Waals surface area (Å²) in [6.45, 7) is 2.26. The number of aryl methyl sites for hydroxylation is 2. The third-order valence-corrected chi connectivity index (χ3v) is 6.45. The molecule has 0 fully saturated rings. The highest BCUT2D eigenvalue weighted by Gasteiger charge is 2.26. The third kappa shape index (κ3) is 3.51. The van der Waals surface area contributed by atoms with Gasteiger partial charge in [-0.15, -0.1) is 0 Å². The number of aromatic nitrogens is 4. The standard InChI is InChI=1S/C23H21Cl2N5O2/c1-27-20-19(21(31)30(23(27)32)14-16-8-9-17(24)12-18(16)25)29-11-5-10-28(22(29)26-20)13-15-6-3-2-4-7-15/h2-4,6-9,12H,5,10-11,13-14H2,1H3. The first-order valence-corrected chi connectivity index (χ1v) is 11.1. The zero-order chi connectivity index (χ0) is 22.4. The van der Waals surface area contributed by atoms with Crippen LogP contribution in [0.3, 0.4) is 0 Å². The Morgan fingerprint density at radius 2 is 1.78 bits per heavy atom. The number of hydrogen-bond acceptors (Lipinski definition) is 4. The van der Waals surface area contributed by atoms with Crippen molar-refractivity contribution in [3.05, 3.63) is 90.5 Å². The summed E-state index contributed by atoms with van der Waals surface area (Å²) in [6.07, 6.45) is 0.886. The smallest absolute Gasteiger partial charge is 0.332 e. The van der Waals surface area contributed by atoms with Gasteiger partial charge >= 0.3 is 5.69 Å². The van der Waals surface area contributed by atoms with E-state index in [9.17, 15) is 9.59 Å². The first-order chi connectivity index (χ1) is 15.4. The van der Waals surface area contributed by atoms with Crippen LogP contribution in [0.4, 0.5) is 5.95 Å². The number of rotatable bonds is 4. The minimum absolute atomic E-state index is 0.0612. The van der Waals surface area contributed by atoms with Crippen LogP contribution in [0.1, 0.15) is 17.5 Å². The summed E-state index contributed by atoms with van der Waals surface area (Å²) in [4.78, 5) is 33.4. The molecule has 9 heteroatoms. The van der Waals surface area contributed by atoms with Crippen molar-refractivity contribution >= 4 is 40.3 Å². The predicted octanol–water partition coefficient (Wildman–Crippen LogP) is 3.66. The first kappa shape index (κ1) is 20.8. The molecule has 32 heavy (non-hydrogen) atoms. The Morgan fingerprint density at radius 1 is 1.00 bits per heavy atom. The van der Waals surface area contributed by atoms with Crippen molar-refractivity contribution < 1.29 is 0 Å². The van der Waals surface area contributed by atoms with Gasteiger partial charge in [-0.2, -0.15) is 4.98 Å². The third-order valence-electron chi connectivity index (χ3n) is 5.86. The van der Waals surface area contributed by atoms with Crippen molar-refractivity contribution in [2.75, 3.05) is 11.4 Å². The zero-order valence-corrected chi connectivity index (χ0v) is 19.0. The molecule has 2 aromatic carbocycles. The average molecular weight is 470 g/mol. The topological polar surface area (TPSA) is 65.1 Å². The normalized spacial score (nSPS) is 13.5. The molecular formula is C23H21Cl2N5O2. The van der Waals surface area contributed by atoms with Gasteiger partial charge in [0, 0.05) is 36.7 Å². The summed E-state index contributed by atoms with van der Waals surface area (Å²) < 4.78 is 4.58. The molecule has 5 rings (SSSR count). The van der Waals surface area contributed by atoms with Gasteiger partial charge in [-0.05, 0) is 29.7 Å². The number of hydrogen-bond donors (Lipinski definition) is 0. The number of nitrogens with zero attached hydrogens (tertiary/aromatic N) is 5. The Kier molecular flexibility index (Phi) is 5.31. The van der Waals surface area contributed by atoms with Crippen LogP contribution >= 0.6 is 23.2 Å². The van der Waals surface area contributed by atoms with E-state index < -0.39 is 5.69 Å². The molecule has 0 radical (unpaired) electrons. The van der Waals surface area contributed by atoms with Gasteiger partial charge in [0.1, 0.15) is 0 Å². The molecule has 7 nitrogen and oxygen atoms in total. The van der Waals surface area contributed by atoms with Crippen molar-refractivity contribution in [2.24, 2.45) is 7.05 Å². The molecule has 0 N–H and O–H groups in total. The van der Waals surface area contributed by atoms with Gasteiger partial charge in [-0.1, -0.05) is 59.6 Å². The summed E-state index contributed by atoms with van der Waals surface area (Å²) in [5.41, 5.74) is 1.85. The number of benzene rings is 2. The summed E-state index contributed by atoms with van der Waals surface area (Å²) >= 11 is 12.3. The molecule has 164 valence electrons. The highest BCUT2D eigenvalue weighted by molar-refractivity contribution is 6.35. The average Bonchev–Trinajstić information content (AvgIpc) is 3.18. The van der Waals surface area contributed by atoms with E-state index in [4.69, 9.17) is 28.2 Å². The Hall–Kier alpha value is -3.03. The second-order valence-electron chi connectivity index (χ2n) is 7.96. The van der Waals surface area contributed by atoms with E-state index >= 15 is 0 Å². The summed E-state index contributed by atoms with van der Waals surface area (Å²) in [5.74, 6) is 0.712. The quantitative estimate of drug-likeness (QED) is 0.457. The second kappa shape index (κ2) is 8.15. The van der Waals surface area contributed by atoms with Crippen LogP contribution in [-0.2, 0) is 26.7 Å². The van der Waals surface area contributed by atoms with Crippen molar-refractivity contribution in [1.29, 1.82) is 0 Å². The van der Waals surface area contributed by atoms with Gasteiger partial charge < -0.3 is 9.47 Å². The molecule has 0 aliphatic carbocycles. The van der Waals surface area contributed by atoms with E-state index in [0.717, 1.165) is 18.5 Å². The number of halogens is 2. The maximum atomic E-state index is 13.5. The van der Waals surface area contributed by atoms with E-state index in [-0.39, 0.29) is 12.1 Å². The first-order valence-electron chi connectivity index (χ1n) is 10.4. The maximum absolute atomic E-state index is 13.5. The van der Waals surface area contributed by atoms with Crippen LogP contribution in [-0.4, -0.2) is 25.2 Å². The van der Waals surface area contributed by atoms with E-state index in [1.54, 1.807) is 25.2 Å². The van der Waals surface area contributed by atoms with Crippen LogP contribution in [0.15, 0.2) is 58.1 Å². The number of imidazole rings is 1. The molecular weight excluding hydrogens is 449 g/mol. The van der Waals surface area contributed by atoms with Crippen LogP contribution in [0.2, 0.25) is 10.0 Å². The molecule has 4 aromatic rings. The molecule has 0 saturated heterocycles. The van der Waals surface area contributed by atoms with E-state index in [0.29, 0.717) is 45.8 Å². The SMILES string of the molecule is Cn1c(=O)n(Cc2ccc(Cl)cc2Cl)c(=O)c2c1nc1n2CCCN1Cc1ccccc1. The van der Waals surface area contributed by atoms with Crippen LogP contribution < -0.4 is 16.1 Å². The molecule has 0 spiro atoms. The number of fused-ring (bicyclic) bond motifs is 3. The zero-order valence-electron chi connectivity index (χ0n) is 17.5. The Labute approximate surface area is 194 Å². The lowest BCUT2D eigenvalue weighted by Crippen LogP contribution is -2.40. The highest BCUT2D eigenvalue weighted by Crippen LogP contribution is 2.26. The fraction of sp³-hybridized carbons (Fsp3) is 0.261. The van der Waals surface area contributed by atoms with Crippen molar-refractivity contribution in [1.82, 2.24) is 18.7 Å². The molecule has 2 aromatic heterocycles. The second-order valence-corrected chi connectivity index (χ2v) is 8.81. The molecule has 0 saturated carbocycles. The predicted molar refractivity (Wildman–Crippen MR) is 127 cm³/mol. The summed E-state index contributed by atoms with van der Waals surface area (Å²) in [6, 6.07) is 15.2. The molecule has 1 aliphatic heterocycles. The molecule has 0 bridgehead atoms. The van der Waals surface area contributed by atoms with Crippen LogP contribution in [0, 0.1) is 0 Å². The highest BCUT2D eigenvalue weighted by atomic mass is 35.5. The lowest BCUT2D eigenvalue weighted by Gasteiger charge is -2.29. The van der Waals surface area contributed by atoms with Crippen LogP contribution in [0.5, 0.6) is 0 Å². The monoisotopic (exact) mass is 469 g/mol. The lowest BCUT2D eigenvalue weighted by molar-refractivity contribution is 0.561. The Balaban J connectivity index is 1.63. The summed E-state index contributed by atoms with van der Waals surface area (Å²) in [5, 5.41) is 0.911. The minimum Gasteiger partial charge on any atom is -0.338 e.